The monoisotopic (exact) mass is 222 g/mol. The van der Waals surface area contributed by atoms with Crippen molar-refractivity contribution in [1.29, 1.82) is 0 Å². The summed E-state index contributed by atoms with van der Waals surface area (Å²) in [6, 6.07) is 1.71. The van der Waals surface area contributed by atoms with Gasteiger partial charge in [0.05, 0.1) is 11.4 Å². The Balaban J connectivity index is 2.88. The lowest BCUT2D eigenvalue weighted by atomic mass is 10.3. The Morgan fingerprint density at radius 3 is 2.80 bits per heavy atom. The van der Waals surface area contributed by atoms with Crippen molar-refractivity contribution in [1.82, 2.24) is 4.90 Å². The van der Waals surface area contributed by atoms with Crippen molar-refractivity contribution in [3.8, 4) is 12.3 Å². The highest BCUT2D eigenvalue weighted by atomic mass is 32.1. The van der Waals surface area contributed by atoms with E-state index in [1.165, 1.54) is 11.3 Å². The third kappa shape index (κ3) is 2.51. The van der Waals surface area contributed by atoms with Gasteiger partial charge < -0.3 is 10.6 Å². The van der Waals surface area contributed by atoms with Crippen molar-refractivity contribution in [2.75, 3.05) is 18.8 Å². The Bertz CT molecular complexity index is 384. The lowest BCUT2D eigenvalue weighted by Gasteiger charge is -2.16. The molecule has 0 bridgehead atoms. The summed E-state index contributed by atoms with van der Waals surface area (Å²) in [5, 5.41) is 0. The van der Waals surface area contributed by atoms with E-state index in [1.807, 2.05) is 13.8 Å². The number of amides is 1. The predicted octanol–water partition coefficient (Wildman–Crippen LogP) is 1.73. The van der Waals surface area contributed by atoms with E-state index < -0.39 is 0 Å². The van der Waals surface area contributed by atoms with Gasteiger partial charge in [-0.1, -0.05) is 5.92 Å². The fourth-order valence-electron chi connectivity index (χ4n) is 1.19. The highest BCUT2D eigenvalue weighted by Gasteiger charge is 2.16. The van der Waals surface area contributed by atoms with Gasteiger partial charge in [-0.25, -0.2) is 0 Å². The molecule has 0 aromatic carbocycles. The first-order valence-corrected chi connectivity index (χ1v) is 5.50. The number of thiophene rings is 1. The van der Waals surface area contributed by atoms with Crippen molar-refractivity contribution in [3.63, 3.8) is 0 Å². The normalized spacial score (nSPS) is 9.67. The second kappa shape index (κ2) is 4.85. The molecule has 1 amide bonds. The summed E-state index contributed by atoms with van der Waals surface area (Å²) in [6.45, 7) is 4.75. The predicted molar refractivity (Wildman–Crippen MR) is 63.9 cm³/mol. The van der Waals surface area contributed by atoms with Crippen LogP contribution in [0.5, 0.6) is 0 Å². The topological polar surface area (TPSA) is 46.3 Å². The number of anilines is 1. The van der Waals surface area contributed by atoms with Crippen LogP contribution in [0.1, 0.15) is 21.5 Å². The number of nitrogens with zero attached hydrogens (tertiary/aromatic N) is 1. The molecule has 0 fully saturated rings. The van der Waals surface area contributed by atoms with Crippen LogP contribution >= 0.6 is 11.3 Å². The summed E-state index contributed by atoms with van der Waals surface area (Å²) in [6.07, 6.45) is 5.19. The van der Waals surface area contributed by atoms with E-state index >= 15 is 0 Å². The number of hydrogen-bond donors (Lipinski definition) is 1. The average molecular weight is 222 g/mol. The number of rotatable bonds is 3. The molecule has 2 N–H and O–H groups in total. The minimum Gasteiger partial charge on any atom is -0.398 e. The lowest BCUT2D eigenvalue weighted by Crippen LogP contribution is -2.30. The first-order valence-electron chi connectivity index (χ1n) is 4.68. The van der Waals surface area contributed by atoms with Gasteiger partial charge in [0.2, 0.25) is 0 Å². The third-order valence-electron chi connectivity index (χ3n) is 2.12. The maximum atomic E-state index is 11.9. The van der Waals surface area contributed by atoms with Gasteiger partial charge in [0.25, 0.3) is 5.91 Å². The summed E-state index contributed by atoms with van der Waals surface area (Å²) in [4.78, 5) is 15.2. The largest absolute Gasteiger partial charge is 0.398 e. The van der Waals surface area contributed by atoms with Gasteiger partial charge in [-0.15, -0.1) is 17.8 Å². The summed E-state index contributed by atoms with van der Waals surface area (Å²) in [7, 11) is 0. The number of carbonyl (C=O) groups excluding carboxylic acids is 1. The average Bonchev–Trinajstić information content (AvgIpc) is 2.55. The van der Waals surface area contributed by atoms with Crippen LogP contribution in [0.3, 0.4) is 0 Å². The number of nitrogen functional groups attached to an aromatic ring is 1. The fourth-order valence-corrected chi connectivity index (χ4v) is 2.10. The van der Waals surface area contributed by atoms with Crippen LogP contribution in [0.2, 0.25) is 0 Å². The van der Waals surface area contributed by atoms with Crippen molar-refractivity contribution in [2.24, 2.45) is 0 Å². The van der Waals surface area contributed by atoms with Gasteiger partial charge in [-0.3, -0.25) is 4.79 Å². The number of carbonyl (C=O) groups is 1. The zero-order valence-electron chi connectivity index (χ0n) is 8.91. The van der Waals surface area contributed by atoms with Crippen LogP contribution in [-0.2, 0) is 0 Å². The van der Waals surface area contributed by atoms with Crippen LogP contribution in [-0.4, -0.2) is 23.9 Å². The molecule has 0 saturated carbocycles. The quantitative estimate of drug-likeness (QED) is 0.792. The molecule has 4 heteroatoms. The standard InChI is InChI=1S/C11H14N2OS/c1-4-6-13(5-2)11(14)10-7-9(12)8(3)15-10/h1,7H,5-6,12H2,2-3H3. The molecule has 1 heterocycles. The molecular formula is C11H14N2OS. The third-order valence-corrected chi connectivity index (χ3v) is 3.17. The molecule has 0 spiro atoms. The summed E-state index contributed by atoms with van der Waals surface area (Å²) < 4.78 is 0. The molecule has 80 valence electrons. The van der Waals surface area contributed by atoms with E-state index in [2.05, 4.69) is 5.92 Å². The van der Waals surface area contributed by atoms with E-state index in [0.29, 0.717) is 23.7 Å². The van der Waals surface area contributed by atoms with Gasteiger partial charge in [0, 0.05) is 17.1 Å². The van der Waals surface area contributed by atoms with Crippen LogP contribution in [0.25, 0.3) is 0 Å². The lowest BCUT2D eigenvalue weighted by molar-refractivity contribution is 0.0789. The van der Waals surface area contributed by atoms with E-state index in [1.54, 1.807) is 11.0 Å². The Kier molecular flexibility index (Phi) is 3.75. The molecule has 0 aliphatic carbocycles. The number of aryl methyl sites for hydroxylation is 1. The minimum atomic E-state index is -0.0414. The molecule has 0 aliphatic heterocycles. The highest BCUT2D eigenvalue weighted by Crippen LogP contribution is 2.24. The SMILES string of the molecule is C#CCN(CC)C(=O)c1cc(N)c(C)s1. The van der Waals surface area contributed by atoms with Gasteiger partial charge in [0.1, 0.15) is 0 Å². The van der Waals surface area contributed by atoms with Gasteiger partial charge in [0.15, 0.2) is 0 Å². The first kappa shape index (κ1) is 11.6. The molecule has 0 radical (unpaired) electrons. The summed E-state index contributed by atoms with van der Waals surface area (Å²) >= 11 is 1.41. The number of terminal acetylenes is 1. The first-order chi connectivity index (χ1) is 7.10. The molecule has 3 nitrogen and oxygen atoms in total. The Morgan fingerprint density at radius 1 is 1.73 bits per heavy atom. The molecule has 1 aromatic heterocycles. The van der Waals surface area contributed by atoms with Gasteiger partial charge in [-0.2, -0.15) is 0 Å². The molecular weight excluding hydrogens is 208 g/mol. The van der Waals surface area contributed by atoms with Crippen LogP contribution in [0.15, 0.2) is 6.07 Å². The zero-order chi connectivity index (χ0) is 11.4. The summed E-state index contributed by atoms with van der Waals surface area (Å²) in [5.74, 6) is 2.43. The van der Waals surface area contributed by atoms with Crippen LogP contribution in [0, 0.1) is 19.3 Å². The van der Waals surface area contributed by atoms with Gasteiger partial charge >= 0.3 is 0 Å². The Hall–Kier alpha value is -1.47. The van der Waals surface area contributed by atoms with Crippen molar-refractivity contribution < 1.29 is 4.79 Å². The van der Waals surface area contributed by atoms with E-state index in [9.17, 15) is 4.79 Å². The second-order valence-corrected chi connectivity index (χ2v) is 4.40. The molecule has 0 atom stereocenters. The molecule has 15 heavy (non-hydrogen) atoms. The highest BCUT2D eigenvalue weighted by molar-refractivity contribution is 7.14. The molecule has 1 rings (SSSR count). The van der Waals surface area contributed by atoms with Crippen molar-refractivity contribution >= 4 is 22.9 Å². The maximum Gasteiger partial charge on any atom is 0.264 e. The summed E-state index contributed by atoms with van der Waals surface area (Å²) in [5.41, 5.74) is 6.36. The smallest absolute Gasteiger partial charge is 0.264 e. The number of hydrogen-bond acceptors (Lipinski definition) is 3. The van der Waals surface area contributed by atoms with Crippen molar-refractivity contribution in [2.45, 2.75) is 13.8 Å². The minimum absolute atomic E-state index is 0.0414. The Morgan fingerprint density at radius 2 is 2.40 bits per heavy atom. The Labute approximate surface area is 93.9 Å². The maximum absolute atomic E-state index is 11.9. The fraction of sp³-hybridized carbons (Fsp3) is 0.364. The van der Waals surface area contributed by atoms with Gasteiger partial charge in [-0.05, 0) is 19.9 Å². The molecule has 0 saturated heterocycles. The molecule has 0 aliphatic rings. The second-order valence-electron chi connectivity index (χ2n) is 3.15. The molecule has 0 unspecified atom stereocenters. The van der Waals surface area contributed by atoms with E-state index in [4.69, 9.17) is 12.2 Å². The number of nitrogens with two attached hydrogens (primary N) is 1. The van der Waals surface area contributed by atoms with Crippen LogP contribution < -0.4 is 5.73 Å². The van der Waals surface area contributed by atoms with Crippen LogP contribution in [0.4, 0.5) is 5.69 Å². The van der Waals surface area contributed by atoms with E-state index in [0.717, 1.165) is 4.88 Å². The zero-order valence-corrected chi connectivity index (χ0v) is 9.73. The van der Waals surface area contributed by atoms with E-state index in [-0.39, 0.29) is 5.91 Å². The van der Waals surface area contributed by atoms with Crippen molar-refractivity contribution in [3.05, 3.63) is 15.8 Å². The molecule has 1 aromatic rings.